The molecule has 1 fully saturated rings. The number of aromatic hydroxyl groups is 1. The van der Waals surface area contributed by atoms with Crippen LogP contribution in [0, 0.1) is 0 Å². The first-order valence-electron chi connectivity index (χ1n) is 11.2. The van der Waals surface area contributed by atoms with Crippen LogP contribution >= 0.6 is 15.9 Å². The van der Waals surface area contributed by atoms with E-state index < -0.39 is 23.0 Å². The van der Waals surface area contributed by atoms with Gasteiger partial charge in [-0.3, -0.25) is 18.7 Å². The zero-order valence-electron chi connectivity index (χ0n) is 19.2. The fourth-order valence-corrected chi connectivity index (χ4v) is 4.73. The number of aromatic nitrogens is 2. The third kappa shape index (κ3) is 4.85. The minimum Gasteiger partial charge on any atom is -0.494 e. The lowest BCUT2D eigenvalue weighted by atomic mass is 9.87. The molecule has 174 valence electrons. The Labute approximate surface area is 196 Å². The van der Waals surface area contributed by atoms with Gasteiger partial charge in [0.2, 0.25) is 5.88 Å². The van der Waals surface area contributed by atoms with Crippen LogP contribution in [0.1, 0.15) is 87.3 Å². The van der Waals surface area contributed by atoms with Crippen molar-refractivity contribution in [2.45, 2.75) is 77.8 Å². The summed E-state index contributed by atoms with van der Waals surface area (Å²) in [5.41, 5.74) is 0.174. The van der Waals surface area contributed by atoms with Crippen molar-refractivity contribution >= 4 is 21.8 Å². The fraction of sp³-hybridized carbons (Fsp3) is 0.542. The molecule has 0 bridgehead atoms. The number of carbonyl (C=O) groups excluding carboxylic acids is 1. The average molecular weight is 506 g/mol. The van der Waals surface area contributed by atoms with Gasteiger partial charge in [-0.25, -0.2) is 4.79 Å². The summed E-state index contributed by atoms with van der Waals surface area (Å²) in [6, 6.07) is 5.62. The Morgan fingerprint density at radius 2 is 1.84 bits per heavy atom. The SMILES string of the molecule is CCNC(=O)c1c(O)n(Cc2ccc(C(C)(C)C)cc2Br)c(=O)n(C2CCCCC2)c1=O. The number of nitrogens with one attached hydrogen (secondary N) is 1. The average Bonchev–Trinajstić information content (AvgIpc) is 2.72. The Balaban J connectivity index is 2.17. The molecule has 2 aromatic rings. The minimum atomic E-state index is -0.719. The maximum Gasteiger partial charge on any atom is 0.334 e. The van der Waals surface area contributed by atoms with Crippen LogP contribution in [-0.4, -0.2) is 26.7 Å². The lowest BCUT2D eigenvalue weighted by molar-refractivity contribution is 0.0947. The van der Waals surface area contributed by atoms with Gasteiger partial charge in [-0.15, -0.1) is 0 Å². The third-order valence-electron chi connectivity index (χ3n) is 6.10. The number of rotatable bonds is 5. The topological polar surface area (TPSA) is 93.3 Å². The summed E-state index contributed by atoms with van der Waals surface area (Å²) < 4.78 is 3.12. The van der Waals surface area contributed by atoms with E-state index in [0.717, 1.165) is 39.4 Å². The van der Waals surface area contributed by atoms with E-state index in [-0.39, 0.29) is 23.6 Å². The van der Waals surface area contributed by atoms with E-state index in [2.05, 4.69) is 42.0 Å². The Hall–Kier alpha value is -2.35. The molecule has 0 spiro atoms. The summed E-state index contributed by atoms with van der Waals surface area (Å²) in [6.45, 7) is 8.42. The van der Waals surface area contributed by atoms with E-state index in [1.807, 2.05) is 18.2 Å². The maximum absolute atomic E-state index is 13.4. The smallest absolute Gasteiger partial charge is 0.334 e. The van der Waals surface area contributed by atoms with E-state index in [0.29, 0.717) is 19.4 Å². The van der Waals surface area contributed by atoms with Gasteiger partial charge >= 0.3 is 5.69 Å². The van der Waals surface area contributed by atoms with Crippen molar-refractivity contribution in [3.05, 3.63) is 60.2 Å². The van der Waals surface area contributed by atoms with Gasteiger partial charge in [-0.1, -0.05) is 68.1 Å². The number of amides is 1. The zero-order chi connectivity index (χ0) is 23.6. The molecule has 0 aliphatic heterocycles. The van der Waals surface area contributed by atoms with Gasteiger partial charge in [0.25, 0.3) is 11.5 Å². The summed E-state index contributed by atoms with van der Waals surface area (Å²) >= 11 is 3.58. The second-order valence-electron chi connectivity index (χ2n) is 9.45. The Morgan fingerprint density at radius 1 is 1.19 bits per heavy atom. The van der Waals surface area contributed by atoms with Gasteiger partial charge in [-0.2, -0.15) is 0 Å². The molecule has 0 atom stereocenters. The van der Waals surface area contributed by atoms with Crippen molar-refractivity contribution in [1.29, 1.82) is 0 Å². The Morgan fingerprint density at radius 3 is 2.41 bits per heavy atom. The highest BCUT2D eigenvalue weighted by Crippen LogP contribution is 2.29. The van der Waals surface area contributed by atoms with Gasteiger partial charge < -0.3 is 10.4 Å². The van der Waals surface area contributed by atoms with Crippen molar-refractivity contribution in [3.8, 4) is 5.88 Å². The number of hydrogen-bond acceptors (Lipinski definition) is 4. The van der Waals surface area contributed by atoms with Crippen molar-refractivity contribution in [2.75, 3.05) is 6.54 Å². The highest BCUT2D eigenvalue weighted by molar-refractivity contribution is 9.10. The van der Waals surface area contributed by atoms with Gasteiger partial charge in [0.15, 0.2) is 5.56 Å². The third-order valence-corrected chi connectivity index (χ3v) is 6.84. The number of nitrogens with zero attached hydrogens (tertiary/aromatic N) is 2. The molecule has 0 saturated heterocycles. The van der Waals surface area contributed by atoms with Gasteiger partial charge in [0.1, 0.15) is 0 Å². The molecule has 1 aromatic carbocycles. The predicted molar refractivity (Wildman–Crippen MR) is 129 cm³/mol. The van der Waals surface area contributed by atoms with Crippen LogP contribution in [0.15, 0.2) is 32.3 Å². The second-order valence-corrected chi connectivity index (χ2v) is 10.3. The maximum atomic E-state index is 13.4. The predicted octanol–water partition coefficient (Wildman–Crippen LogP) is 4.08. The van der Waals surface area contributed by atoms with Gasteiger partial charge in [0, 0.05) is 17.1 Å². The molecule has 7 nitrogen and oxygen atoms in total. The van der Waals surface area contributed by atoms with Crippen LogP contribution in [-0.2, 0) is 12.0 Å². The molecular weight excluding hydrogens is 474 g/mol. The summed E-state index contributed by atoms with van der Waals surface area (Å²) in [5, 5.41) is 13.5. The van der Waals surface area contributed by atoms with Gasteiger partial charge in [-0.05, 0) is 42.4 Å². The number of benzene rings is 1. The van der Waals surface area contributed by atoms with Crippen molar-refractivity contribution < 1.29 is 9.90 Å². The number of carbonyl (C=O) groups is 1. The molecule has 1 aliphatic carbocycles. The highest BCUT2D eigenvalue weighted by atomic mass is 79.9. The summed E-state index contributed by atoms with van der Waals surface area (Å²) in [5.74, 6) is -1.26. The lowest BCUT2D eigenvalue weighted by Crippen LogP contribution is -2.46. The highest BCUT2D eigenvalue weighted by Gasteiger charge is 2.28. The number of halogens is 1. The lowest BCUT2D eigenvalue weighted by Gasteiger charge is -2.25. The van der Waals surface area contributed by atoms with Crippen LogP contribution in [0.3, 0.4) is 0 Å². The molecular formula is C24H32BrN3O4. The first-order chi connectivity index (χ1) is 15.1. The quantitative estimate of drug-likeness (QED) is 0.639. The molecule has 8 heteroatoms. The first kappa shape index (κ1) is 24.3. The van der Waals surface area contributed by atoms with Crippen molar-refractivity contribution in [2.24, 2.45) is 0 Å². The van der Waals surface area contributed by atoms with Crippen LogP contribution in [0.4, 0.5) is 0 Å². The Bertz CT molecular complexity index is 1120. The molecule has 1 heterocycles. The normalized spacial score (nSPS) is 15.0. The Kier molecular flexibility index (Phi) is 7.32. The van der Waals surface area contributed by atoms with Crippen LogP contribution in [0.25, 0.3) is 0 Å². The molecule has 0 radical (unpaired) electrons. The standard InChI is InChI=1S/C24H32BrN3O4/c1-5-26-20(29)19-21(30)27(14-15-11-12-16(13-18(15)25)24(2,3)4)23(32)28(22(19)31)17-9-7-6-8-10-17/h11-13,17,30H,5-10,14H2,1-4H3,(H,26,29). The zero-order valence-corrected chi connectivity index (χ0v) is 20.8. The second kappa shape index (κ2) is 9.65. The van der Waals surface area contributed by atoms with Crippen LogP contribution in [0.2, 0.25) is 0 Å². The van der Waals surface area contributed by atoms with E-state index in [4.69, 9.17) is 0 Å². The van der Waals surface area contributed by atoms with E-state index in [9.17, 15) is 19.5 Å². The molecule has 32 heavy (non-hydrogen) atoms. The minimum absolute atomic E-state index is 0.0368. The summed E-state index contributed by atoms with van der Waals surface area (Å²) in [6.07, 6.45) is 4.33. The van der Waals surface area contributed by atoms with E-state index in [1.54, 1.807) is 6.92 Å². The molecule has 1 aliphatic rings. The first-order valence-corrected chi connectivity index (χ1v) is 12.0. The number of hydrogen-bond donors (Lipinski definition) is 2. The summed E-state index contributed by atoms with van der Waals surface area (Å²) in [7, 11) is 0. The van der Waals surface area contributed by atoms with Crippen LogP contribution < -0.4 is 16.6 Å². The molecule has 2 N–H and O–H groups in total. The van der Waals surface area contributed by atoms with E-state index >= 15 is 0 Å². The largest absolute Gasteiger partial charge is 0.494 e. The van der Waals surface area contributed by atoms with Crippen molar-refractivity contribution in [1.82, 2.24) is 14.5 Å². The van der Waals surface area contributed by atoms with Gasteiger partial charge in [0.05, 0.1) is 6.54 Å². The van der Waals surface area contributed by atoms with Crippen molar-refractivity contribution in [3.63, 3.8) is 0 Å². The monoisotopic (exact) mass is 505 g/mol. The molecule has 1 saturated carbocycles. The summed E-state index contributed by atoms with van der Waals surface area (Å²) in [4.78, 5) is 39.2. The fourth-order valence-electron chi connectivity index (χ4n) is 4.22. The van der Waals surface area contributed by atoms with E-state index in [1.165, 1.54) is 4.57 Å². The molecule has 0 unspecified atom stereocenters. The molecule has 1 aromatic heterocycles. The molecule has 3 rings (SSSR count). The van der Waals surface area contributed by atoms with Crippen LogP contribution in [0.5, 0.6) is 5.88 Å². The molecule has 1 amide bonds.